The lowest BCUT2D eigenvalue weighted by molar-refractivity contribution is -0.271. The minimum Gasteiger partial charge on any atom is -0.443 e. The molecule has 2 saturated heterocycles. The standard InChI is InChI=1S/C20H32ClNO7S.C17H30O5S/c1-12(2)6-7-14-18(3,29-14)20(26)16(27-4)13(8-9-19(20,25)11-30-5)28-17(24)22-15(23)10-21;1-11(2)6-7-13-15(3,22-13)17(20)14(21-4)12(18)8-9-16(17,19)10-23-5/h6,13-14,16,25-26H,7-11H2,1-5H3,(H,22,23,24);6,12-14,18-20H,7-10H2,1-5H3/t13?,14?,16?,18?,19-,20?;12?,13?,14?,15?,16-,17?/m00/s1. The lowest BCUT2D eigenvalue weighted by Gasteiger charge is -2.54. The van der Waals surface area contributed by atoms with Gasteiger partial charge in [-0.05, 0) is 92.6 Å². The van der Waals surface area contributed by atoms with Gasteiger partial charge < -0.3 is 49.2 Å². The Hall–Kier alpha value is -0.950. The second-order valence-corrected chi connectivity index (χ2v) is 17.5. The predicted octanol–water partition coefficient (Wildman–Crippen LogP) is 3.49. The van der Waals surface area contributed by atoms with Gasteiger partial charge in [-0.2, -0.15) is 23.5 Å². The van der Waals surface area contributed by atoms with E-state index in [1.165, 1.54) is 43.3 Å². The highest BCUT2D eigenvalue weighted by Crippen LogP contribution is 2.59. The summed E-state index contributed by atoms with van der Waals surface area (Å²) >= 11 is 8.28. The van der Waals surface area contributed by atoms with Crippen LogP contribution in [0, 0.1) is 0 Å². The Bertz CT molecular complexity index is 1350. The first-order chi connectivity index (χ1) is 24.6. The van der Waals surface area contributed by atoms with Crippen LogP contribution in [0.5, 0.6) is 0 Å². The molecule has 16 heteroatoms. The number of imide groups is 1. The van der Waals surface area contributed by atoms with Gasteiger partial charge in [-0.3, -0.25) is 10.1 Å². The van der Waals surface area contributed by atoms with Gasteiger partial charge >= 0.3 is 6.09 Å². The molecule has 0 aromatic heterocycles. The van der Waals surface area contributed by atoms with E-state index in [9.17, 15) is 35.1 Å². The number of allylic oxidation sites excluding steroid dienone is 2. The number of thioether (sulfide) groups is 2. The average Bonchev–Trinajstić information content (AvgIpc) is 3.98. The van der Waals surface area contributed by atoms with Crippen LogP contribution in [0.2, 0.25) is 0 Å². The van der Waals surface area contributed by atoms with Crippen LogP contribution >= 0.6 is 35.1 Å². The second kappa shape index (κ2) is 18.1. The highest BCUT2D eigenvalue weighted by Gasteiger charge is 2.78. The third-order valence-electron chi connectivity index (χ3n) is 11.4. The Kier molecular flexibility index (Phi) is 15.9. The molecule has 0 bridgehead atoms. The number of alkyl carbamates (subject to hydrolysis) is 1. The van der Waals surface area contributed by atoms with Gasteiger partial charge in [0.1, 0.15) is 46.6 Å². The summed E-state index contributed by atoms with van der Waals surface area (Å²) in [5, 5.41) is 58.7. The summed E-state index contributed by atoms with van der Waals surface area (Å²) in [6, 6.07) is 0. The van der Waals surface area contributed by atoms with Crippen LogP contribution in [-0.4, -0.2) is 152 Å². The molecule has 10 unspecified atom stereocenters. The van der Waals surface area contributed by atoms with Gasteiger partial charge in [0, 0.05) is 25.7 Å². The molecule has 4 fully saturated rings. The van der Waals surface area contributed by atoms with E-state index in [1.54, 1.807) is 6.92 Å². The summed E-state index contributed by atoms with van der Waals surface area (Å²) in [5.74, 6) is -0.464. The Morgan fingerprint density at radius 2 is 1.25 bits per heavy atom. The maximum absolute atomic E-state index is 12.1. The molecule has 2 amide bonds. The van der Waals surface area contributed by atoms with Crippen molar-refractivity contribution >= 4 is 47.1 Å². The highest BCUT2D eigenvalue weighted by atomic mass is 35.5. The third kappa shape index (κ3) is 8.96. The number of halogens is 1. The number of amides is 2. The summed E-state index contributed by atoms with van der Waals surface area (Å²) < 4.78 is 28.2. The van der Waals surface area contributed by atoms with E-state index in [4.69, 9.17) is 35.3 Å². The van der Waals surface area contributed by atoms with E-state index in [0.29, 0.717) is 31.4 Å². The molecule has 0 aromatic carbocycles. The molecule has 0 spiro atoms. The van der Waals surface area contributed by atoms with Crippen molar-refractivity contribution < 1.29 is 58.8 Å². The van der Waals surface area contributed by atoms with Gasteiger partial charge in [-0.25, -0.2) is 4.79 Å². The summed E-state index contributed by atoms with van der Waals surface area (Å²) in [6.07, 6.45) is 5.01. The molecule has 306 valence electrons. The van der Waals surface area contributed by atoms with E-state index in [2.05, 4.69) is 6.08 Å². The van der Waals surface area contributed by atoms with Crippen molar-refractivity contribution in [3.8, 4) is 0 Å². The zero-order valence-corrected chi connectivity index (χ0v) is 35.2. The quantitative estimate of drug-likeness (QED) is 0.0847. The van der Waals surface area contributed by atoms with Crippen molar-refractivity contribution in [1.82, 2.24) is 5.32 Å². The van der Waals surface area contributed by atoms with Crippen molar-refractivity contribution in [3.63, 3.8) is 0 Å². The Morgan fingerprint density at radius 3 is 1.64 bits per heavy atom. The predicted molar refractivity (Wildman–Crippen MR) is 206 cm³/mol. The van der Waals surface area contributed by atoms with Crippen molar-refractivity contribution in [3.05, 3.63) is 23.3 Å². The number of methoxy groups -OCH3 is 2. The van der Waals surface area contributed by atoms with Crippen molar-refractivity contribution in [2.75, 3.05) is 44.1 Å². The van der Waals surface area contributed by atoms with Crippen LogP contribution < -0.4 is 5.32 Å². The molecule has 13 nitrogen and oxygen atoms in total. The second-order valence-electron chi connectivity index (χ2n) is 15.5. The molecular formula is C37H62ClNO12S2. The molecule has 2 aliphatic heterocycles. The monoisotopic (exact) mass is 811 g/mol. The molecule has 2 aliphatic carbocycles. The molecule has 4 rings (SSSR count). The van der Waals surface area contributed by atoms with E-state index in [0.717, 1.165) is 5.57 Å². The maximum Gasteiger partial charge on any atom is 0.414 e. The normalized spacial score (nSPS) is 41.7. The zero-order valence-electron chi connectivity index (χ0n) is 32.8. The fraction of sp³-hybridized carbons (Fsp3) is 0.838. The largest absolute Gasteiger partial charge is 0.443 e. The van der Waals surface area contributed by atoms with Crippen molar-refractivity contribution in [2.45, 2.75) is 150 Å². The van der Waals surface area contributed by atoms with Crippen LogP contribution in [0.1, 0.15) is 80.1 Å². The molecule has 4 aliphatic rings. The minimum atomic E-state index is -1.85. The fourth-order valence-electron chi connectivity index (χ4n) is 8.37. The number of rotatable bonds is 14. The summed E-state index contributed by atoms with van der Waals surface area (Å²) in [5.41, 5.74) is -6.13. The molecular weight excluding hydrogens is 750 g/mol. The Labute approximate surface area is 327 Å². The Balaban J connectivity index is 0.000000295. The number of aliphatic hydroxyl groups excluding tert-OH is 1. The number of epoxide rings is 2. The number of ether oxygens (including phenoxy) is 5. The zero-order chi connectivity index (χ0) is 40.2. The molecule has 0 aromatic rings. The number of hydrogen-bond acceptors (Lipinski definition) is 14. The first-order valence-corrected chi connectivity index (χ1v) is 21.3. The first kappa shape index (κ1) is 46.4. The molecule has 12 atom stereocenters. The first-order valence-electron chi connectivity index (χ1n) is 17.9. The summed E-state index contributed by atoms with van der Waals surface area (Å²) in [7, 11) is 2.84. The lowest BCUT2D eigenvalue weighted by Crippen LogP contribution is -2.75. The van der Waals surface area contributed by atoms with Gasteiger partial charge in [-0.15, -0.1) is 11.6 Å². The van der Waals surface area contributed by atoms with Crippen LogP contribution in [0.15, 0.2) is 23.3 Å². The van der Waals surface area contributed by atoms with Crippen molar-refractivity contribution in [1.29, 1.82) is 0 Å². The van der Waals surface area contributed by atoms with Crippen molar-refractivity contribution in [2.24, 2.45) is 0 Å². The van der Waals surface area contributed by atoms with Gasteiger partial charge in [0.15, 0.2) is 11.2 Å². The molecule has 6 N–H and O–H groups in total. The van der Waals surface area contributed by atoms with Crippen LogP contribution in [0.25, 0.3) is 0 Å². The van der Waals surface area contributed by atoms with Crippen LogP contribution in [-0.2, 0) is 28.5 Å². The lowest BCUT2D eigenvalue weighted by atomic mass is 9.62. The number of carbonyl (C=O) groups excluding carboxylic acids is 2. The summed E-state index contributed by atoms with van der Waals surface area (Å²) in [4.78, 5) is 23.5. The smallest absolute Gasteiger partial charge is 0.414 e. The van der Waals surface area contributed by atoms with E-state index < -0.39 is 70.0 Å². The van der Waals surface area contributed by atoms with E-state index in [1.807, 2.05) is 58.5 Å². The van der Waals surface area contributed by atoms with Gasteiger partial charge in [0.05, 0.1) is 18.3 Å². The van der Waals surface area contributed by atoms with Crippen LogP contribution in [0.4, 0.5) is 4.79 Å². The van der Waals surface area contributed by atoms with Gasteiger partial charge in [0.2, 0.25) is 5.91 Å². The van der Waals surface area contributed by atoms with E-state index >= 15 is 0 Å². The van der Waals surface area contributed by atoms with Gasteiger partial charge in [0.25, 0.3) is 0 Å². The van der Waals surface area contributed by atoms with E-state index in [-0.39, 0.29) is 36.7 Å². The topological polar surface area (TPSA) is 200 Å². The molecule has 0 radical (unpaired) electrons. The minimum absolute atomic E-state index is 0.167. The fourth-order valence-corrected chi connectivity index (χ4v) is 10.1. The molecule has 53 heavy (non-hydrogen) atoms. The number of carbonyl (C=O) groups is 2. The number of alkyl halides is 1. The van der Waals surface area contributed by atoms with Gasteiger partial charge in [-0.1, -0.05) is 23.3 Å². The highest BCUT2D eigenvalue weighted by molar-refractivity contribution is 7.98. The summed E-state index contributed by atoms with van der Waals surface area (Å²) in [6.45, 7) is 11.5. The number of aliphatic hydroxyl groups is 5. The number of nitrogens with one attached hydrogen (secondary N) is 1. The maximum atomic E-state index is 12.1. The third-order valence-corrected chi connectivity index (χ3v) is 13.2. The number of hydrogen-bond donors (Lipinski definition) is 6. The molecule has 2 saturated carbocycles. The van der Waals surface area contributed by atoms with Crippen LogP contribution in [0.3, 0.4) is 0 Å². The molecule has 2 heterocycles. The SMILES string of the molecule is COC1C(O)CC[C@](O)(CSC)C1(O)C1(C)OC1CC=C(C)C.COC1C(OC(=O)NC(=O)CCl)CC[C@](O)(CSC)C1(O)C1(C)OC1CC=C(C)C. The Morgan fingerprint density at radius 1 is 0.811 bits per heavy atom. The average molecular weight is 812 g/mol.